The first kappa shape index (κ1) is 15.0. The second-order valence-corrected chi connectivity index (χ2v) is 5.98. The van der Waals surface area contributed by atoms with E-state index < -0.39 is 0 Å². The van der Waals surface area contributed by atoms with Crippen LogP contribution in [0.5, 0.6) is 0 Å². The molecule has 0 spiro atoms. The first-order chi connectivity index (χ1) is 9.58. The number of nitrogens with two attached hydrogens (primary N) is 1. The van der Waals surface area contributed by atoms with Crippen molar-refractivity contribution in [3.05, 3.63) is 11.4 Å². The Morgan fingerprint density at radius 1 is 1.40 bits per heavy atom. The molecule has 20 heavy (non-hydrogen) atoms. The van der Waals surface area contributed by atoms with Gasteiger partial charge in [-0.2, -0.15) is 0 Å². The van der Waals surface area contributed by atoms with Crippen molar-refractivity contribution < 1.29 is 0 Å². The van der Waals surface area contributed by atoms with Crippen LogP contribution in [0, 0.1) is 12.8 Å². The summed E-state index contributed by atoms with van der Waals surface area (Å²) in [7, 11) is 0. The van der Waals surface area contributed by atoms with Crippen LogP contribution in [0.2, 0.25) is 0 Å². The molecule has 1 aromatic rings. The van der Waals surface area contributed by atoms with E-state index in [0.29, 0.717) is 12.0 Å². The molecule has 5 heteroatoms. The van der Waals surface area contributed by atoms with E-state index in [1.807, 2.05) is 0 Å². The summed E-state index contributed by atoms with van der Waals surface area (Å²) in [5, 5.41) is 0. The third kappa shape index (κ3) is 2.87. The molecule has 1 aliphatic heterocycles. The smallest absolute Gasteiger partial charge is 0.148 e. The second-order valence-electron chi connectivity index (χ2n) is 5.98. The molecule has 1 saturated heterocycles. The fraction of sp³-hybridized carbons (Fsp3) is 0.733. The predicted octanol–water partition coefficient (Wildman–Crippen LogP) is 2.65. The zero-order valence-corrected chi connectivity index (χ0v) is 13.1. The van der Waals surface area contributed by atoms with Crippen LogP contribution in [0.4, 0.5) is 11.6 Å². The van der Waals surface area contributed by atoms with Crippen LogP contribution in [0.1, 0.15) is 51.4 Å². The minimum atomic E-state index is 0.573. The van der Waals surface area contributed by atoms with Crippen molar-refractivity contribution in [2.24, 2.45) is 11.8 Å². The number of anilines is 2. The molecule has 2 heterocycles. The number of hydrogen-bond acceptors (Lipinski definition) is 5. The van der Waals surface area contributed by atoms with Gasteiger partial charge in [-0.25, -0.2) is 15.8 Å². The van der Waals surface area contributed by atoms with Gasteiger partial charge in [0.05, 0.1) is 0 Å². The molecule has 112 valence electrons. The maximum Gasteiger partial charge on any atom is 0.148 e. The van der Waals surface area contributed by atoms with Crippen LogP contribution in [0.15, 0.2) is 0 Å². The summed E-state index contributed by atoms with van der Waals surface area (Å²) in [6, 6.07) is 0.573. The number of aryl methyl sites for hydroxylation is 1. The number of hydrazine groups is 1. The number of nitrogen functional groups attached to an aromatic ring is 1. The van der Waals surface area contributed by atoms with E-state index in [-0.39, 0.29) is 0 Å². The van der Waals surface area contributed by atoms with Crippen LogP contribution in [-0.4, -0.2) is 22.6 Å². The molecule has 0 aliphatic carbocycles. The molecule has 5 nitrogen and oxygen atoms in total. The van der Waals surface area contributed by atoms with Gasteiger partial charge in [0, 0.05) is 24.6 Å². The van der Waals surface area contributed by atoms with Gasteiger partial charge >= 0.3 is 0 Å². The van der Waals surface area contributed by atoms with Gasteiger partial charge in [0.25, 0.3) is 0 Å². The van der Waals surface area contributed by atoms with Crippen molar-refractivity contribution in [2.75, 3.05) is 16.9 Å². The van der Waals surface area contributed by atoms with Crippen LogP contribution in [-0.2, 0) is 6.42 Å². The van der Waals surface area contributed by atoms with E-state index in [1.54, 1.807) is 0 Å². The zero-order valence-electron chi connectivity index (χ0n) is 13.1. The summed E-state index contributed by atoms with van der Waals surface area (Å²) in [6.07, 6.45) is 4.42. The lowest BCUT2D eigenvalue weighted by atomic mass is 10.0. The minimum absolute atomic E-state index is 0.573. The fourth-order valence-electron chi connectivity index (χ4n) is 3.05. The van der Waals surface area contributed by atoms with Gasteiger partial charge in [-0.1, -0.05) is 20.8 Å². The quantitative estimate of drug-likeness (QED) is 0.640. The van der Waals surface area contributed by atoms with Crippen molar-refractivity contribution in [2.45, 2.75) is 59.4 Å². The molecule has 0 saturated carbocycles. The molecule has 1 atom stereocenters. The molecule has 0 radical (unpaired) electrons. The zero-order chi connectivity index (χ0) is 14.7. The maximum absolute atomic E-state index is 5.62. The Kier molecular flexibility index (Phi) is 4.81. The minimum Gasteiger partial charge on any atom is -0.353 e. The molecule has 1 aliphatic rings. The van der Waals surface area contributed by atoms with E-state index in [0.717, 1.165) is 42.4 Å². The van der Waals surface area contributed by atoms with E-state index in [9.17, 15) is 0 Å². The van der Waals surface area contributed by atoms with Crippen LogP contribution in [0.25, 0.3) is 0 Å². The van der Waals surface area contributed by atoms with Gasteiger partial charge in [0.1, 0.15) is 17.5 Å². The molecule has 2 rings (SSSR count). The number of nitrogens with zero attached hydrogens (tertiary/aromatic N) is 3. The second kappa shape index (κ2) is 6.39. The molecule has 1 unspecified atom stereocenters. The Labute approximate surface area is 121 Å². The Morgan fingerprint density at radius 3 is 2.75 bits per heavy atom. The lowest BCUT2D eigenvalue weighted by molar-refractivity contribution is 0.488. The van der Waals surface area contributed by atoms with E-state index >= 15 is 0 Å². The van der Waals surface area contributed by atoms with Crippen molar-refractivity contribution in [1.29, 1.82) is 0 Å². The molecular weight excluding hydrogens is 250 g/mol. The molecule has 3 N–H and O–H groups in total. The lowest BCUT2D eigenvalue weighted by Crippen LogP contribution is -2.35. The Bertz CT molecular complexity index is 458. The summed E-state index contributed by atoms with van der Waals surface area (Å²) in [4.78, 5) is 11.8. The molecule has 0 aromatic carbocycles. The summed E-state index contributed by atoms with van der Waals surface area (Å²) in [5.41, 5.74) is 3.78. The van der Waals surface area contributed by atoms with E-state index in [4.69, 9.17) is 10.8 Å². The highest BCUT2D eigenvalue weighted by Gasteiger charge is 2.30. The highest BCUT2D eigenvalue weighted by atomic mass is 15.3. The van der Waals surface area contributed by atoms with E-state index in [2.05, 4.69) is 43.0 Å². The average molecular weight is 277 g/mol. The first-order valence-electron chi connectivity index (χ1n) is 7.69. The Hall–Kier alpha value is -1.36. The summed E-state index contributed by atoms with van der Waals surface area (Å²) in [5.74, 6) is 8.96. The van der Waals surface area contributed by atoms with Gasteiger partial charge in [-0.3, -0.25) is 0 Å². The molecule has 0 amide bonds. The highest BCUT2D eigenvalue weighted by Crippen LogP contribution is 2.32. The van der Waals surface area contributed by atoms with Gasteiger partial charge in [-0.15, -0.1) is 0 Å². The maximum atomic E-state index is 5.62. The molecule has 1 fully saturated rings. The van der Waals surface area contributed by atoms with Gasteiger partial charge < -0.3 is 10.3 Å². The van der Waals surface area contributed by atoms with Gasteiger partial charge in [-0.05, 0) is 32.1 Å². The average Bonchev–Trinajstić information content (AvgIpc) is 2.90. The normalized spacial score (nSPS) is 18.9. The first-order valence-corrected chi connectivity index (χ1v) is 7.69. The predicted molar refractivity (Wildman–Crippen MR) is 83.8 cm³/mol. The number of rotatable bonds is 5. The largest absolute Gasteiger partial charge is 0.353 e. The fourth-order valence-corrected chi connectivity index (χ4v) is 3.05. The SMILES string of the molecule is CCCc1nc(NN)c(C)c(N2CCCC2C(C)C)n1. The molecule has 0 bridgehead atoms. The lowest BCUT2D eigenvalue weighted by Gasteiger charge is -2.30. The topological polar surface area (TPSA) is 67.1 Å². The Balaban J connectivity index is 2.41. The molecular formula is C15H27N5. The van der Waals surface area contributed by atoms with Crippen LogP contribution >= 0.6 is 0 Å². The standard InChI is InChI=1S/C15H27N5/c1-5-7-13-17-14(19-16)11(4)15(18-13)20-9-6-8-12(20)10(2)3/h10,12H,5-9,16H2,1-4H3,(H,17,18,19). The number of aromatic nitrogens is 2. The van der Waals surface area contributed by atoms with Crippen LogP contribution < -0.4 is 16.2 Å². The third-order valence-electron chi connectivity index (χ3n) is 4.12. The summed E-state index contributed by atoms with van der Waals surface area (Å²) >= 11 is 0. The molecule has 1 aromatic heterocycles. The monoisotopic (exact) mass is 277 g/mol. The summed E-state index contributed by atoms with van der Waals surface area (Å²) < 4.78 is 0. The van der Waals surface area contributed by atoms with Crippen molar-refractivity contribution >= 4 is 11.6 Å². The third-order valence-corrected chi connectivity index (χ3v) is 4.12. The summed E-state index contributed by atoms with van der Waals surface area (Å²) in [6.45, 7) is 9.85. The van der Waals surface area contributed by atoms with Gasteiger partial charge in [0.15, 0.2) is 0 Å². The van der Waals surface area contributed by atoms with Crippen LogP contribution in [0.3, 0.4) is 0 Å². The van der Waals surface area contributed by atoms with Crippen molar-refractivity contribution in [3.63, 3.8) is 0 Å². The van der Waals surface area contributed by atoms with Crippen molar-refractivity contribution in [1.82, 2.24) is 9.97 Å². The Morgan fingerprint density at radius 2 is 2.15 bits per heavy atom. The van der Waals surface area contributed by atoms with Gasteiger partial charge in [0.2, 0.25) is 0 Å². The van der Waals surface area contributed by atoms with E-state index in [1.165, 1.54) is 12.8 Å². The number of nitrogens with one attached hydrogen (secondary N) is 1. The number of hydrogen-bond donors (Lipinski definition) is 2. The van der Waals surface area contributed by atoms with Crippen molar-refractivity contribution in [3.8, 4) is 0 Å². The highest BCUT2D eigenvalue weighted by molar-refractivity contribution is 5.59.